The number of sulfone groups is 1. The van der Waals surface area contributed by atoms with Crippen LogP contribution < -0.4 is 0 Å². The van der Waals surface area contributed by atoms with E-state index in [0.29, 0.717) is 6.54 Å². The maximum absolute atomic E-state index is 13.5. The molecule has 10 nitrogen and oxygen atoms in total. The molecule has 2 heterocycles. The summed E-state index contributed by atoms with van der Waals surface area (Å²) in [7, 11) is 0.0149. The minimum atomic E-state index is -4.83. The number of likely N-dealkylation sites (N-methyl/N-ethyl adjacent to an activating group) is 1. The highest BCUT2D eigenvalue weighted by atomic mass is 79.9. The Hall–Kier alpha value is -2.78. The number of benzene rings is 1. The van der Waals surface area contributed by atoms with Crippen LogP contribution in [0.15, 0.2) is 38.1 Å². The Bertz CT molecular complexity index is 1300. The predicted molar refractivity (Wildman–Crippen MR) is 116 cm³/mol. The van der Waals surface area contributed by atoms with E-state index in [2.05, 4.69) is 31.2 Å². The first kappa shape index (κ1) is 25.8. The number of alkyl halides is 3. The van der Waals surface area contributed by atoms with E-state index in [4.69, 9.17) is 9.15 Å². The normalized spacial score (nSPS) is 12.4. The van der Waals surface area contributed by atoms with Crippen molar-refractivity contribution in [2.24, 2.45) is 0 Å². The summed E-state index contributed by atoms with van der Waals surface area (Å²) in [4.78, 5) is 13.9. The molecule has 15 heteroatoms. The number of halogens is 4. The van der Waals surface area contributed by atoms with Crippen molar-refractivity contribution in [3.63, 3.8) is 0 Å². The Morgan fingerprint density at radius 3 is 2.53 bits per heavy atom. The zero-order chi connectivity index (χ0) is 25.3. The van der Waals surface area contributed by atoms with Gasteiger partial charge in [-0.2, -0.15) is 18.3 Å². The lowest BCUT2D eigenvalue weighted by molar-refractivity contribution is -0.146. The van der Waals surface area contributed by atoms with Crippen LogP contribution in [0.1, 0.15) is 5.69 Å². The van der Waals surface area contributed by atoms with Gasteiger partial charge in [0.05, 0.1) is 9.37 Å². The smallest absolute Gasteiger partial charge is 0.436 e. The maximum Gasteiger partial charge on any atom is 0.436 e. The van der Waals surface area contributed by atoms with E-state index in [1.165, 1.54) is 24.3 Å². The minimum absolute atomic E-state index is 0.00389. The summed E-state index contributed by atoms with van der Waals surface area (Å²) in [6.45, 7) is -0.176. The van der Waals surface area contributed by atoms with Crippen molar-refractivity contribution in [2.45, 2.75) is 17.6 Å². The van der Waals surface area contributed by atoms with Gasteiger partial charge in [-0.25, -0.2) is 13.1 Å². The second-order valence-electron chi connectivity index (χ2n) is 7.40. The second kappa shape index (κ2) is 9.84. The Morgan fingerprint density at radius 2 is 1.91 bits per heavy atom. The molecule has 1 aromatic carbocycles. The predicted octanol–water partition coefficient (Wildman–Crippen LogP) is 2.89. The molecule has 0 bridgehead atoms. The van der Waals surface area contributed by atoms with Crippen LogP contribution in [0.5, 0.6) is 0 Å². The lowest BCUT2D eigenvalue weighted by Gasteiger charge is -2.10. The van der Waals surface area contributed by atoms with E-state index in [1.54, 1.807) is 19.0 Å². The first-order valence-electron chi connectivity index (χ1n) is 9.55. The number of carbonyl (C=O) groups excluding carboxylic acids is 1. The van der Waals surface area contributed by atoms with E-state index >= 15 is 0 Å². The summed E-state index contributed by atoms with van der Waals surface area (Å²) < 4.78 is 74.8. The number of carbonyl (C=O) groups is 1. The molecule has 3 aromatic rings. The molecule has 0 fully saturated rings. The molecule has 0 aliphatic carbocycles. The van der Waals surface area contributed by atoms with Crippen LogP contribution >= 0.6 is 15.9 Å². The SMILES string of the molecule is CN(C)CCOC(=O)Cn1nc(C(F)(F)F)c(Br)c1-c1nnc(-c2cccc(S(C)(=O)=O)c2)o1. The lowest BCUT2D eigenvalue weighted by Crippen LogP contribution is -2.22. The Kier molecular flexibility index (Phi) is 7.47. The van der Waals surface area contributed by atoms with Crippen LogP contribution in [-0.4, -0.2) is 72.8 Å². The largest absolute Gasteiger partial charge is 0.463 e. The third kappa shape index (κ3) is 6.01. The molecule has 0 atom stereocenters. The fourth-order valence-electron chi connectivity index (χ4n) is 2.75. The minimum Gasteiger partial charge on any atom is -0.463 e. The highest BCUT2D eigenvalue weighted by Crippen LogP contribution is 2.40. The molecule has 0 aliphatic rings. The van der Waals surface area contributed by atoms with Gasteiger partial charge in [-0.05, 0) is 48.2 Å². The third-order valence-electron chi connectivity index (χ3n) is 4.38. The summed E-state index contributed by atoms with van der Waals surface area (Å²) in [5.41, 5.74) is -1.33. The topological polar surface area (TPSA) is 120 Å². The van der Waals surface area contributed by atoms with Gasteiger partial charge in [-0.15, -0.1) is 10.2 Å². The average Bonchev–Trinajstić information content (AvgIpc) is 3.31. The Balaban J connectivity index is 1.99. The summed E-state index contributed by atoms with van der Waals surface area (Å²) in [6.07, 6.45) is -3.81. The molecule has 2 aromatic heterocycles. The fraction of sp³-hybridized carbons (Fsp3) is 0.368. The van der Waals surface area contributed by atoms with Crippen molar-refractivity contribution in [2.75, 3.05) is 33.5 Å². The molecule has 0 N–H and O–H groups in total. The zero-order valence-corrected chi connectivity index (χ0v) is 20.5. The van der Waals surface area contributed by atoms with Crippen LogP contribution in [0.3, 0.4) is 0 Å². The highest BCUT2D eigenvalue weighted by Gasteiger charge is 2.40. The van der Waals surface area contributed by atoms with E-state index in [-0.39, 0.29) is 34.5 Å². The molecular formula is C19H19BrF3N5O5S. The standard InChI is InChI=1S/C19H19BrF3N5O5S/c1-27(2)7-8-32-13(29)10-28-15(14(20)16(26-28)19(21,22)23)18-25-24-17(33-18)11-5-4-6-12(9-11)34(3,30)31/h4-6,9H,7-8,10H2,1-3H3. The van der Waals surface area contributed by atoms with Crippen LogP contribution in [0.2, 0.25) is 0 Å². The quantitative estimate of drug-likeness (QED) is 0.379. The van der Waals surface area contributed by atoms with Crippen molar-refractivity contribution in [3.8, 4) is 23.0 Å². The summed E-state index contributed by atoms with van der Waals surface area (Å²) >= 11 is 2.87. The summed E-state index contributed by atoms with van der Waals surface area (Å²) in [5.74, 6) is -1.31. The van der Waals surface area contributed by atoms with Crippen LogP contribution in [0.4, 0.5) is 13.2 Å². The van der Waals surface area contributed by atoms with Gasteiger partial charge in [0.1, 0.15) is 18.8 Å². The van der Waals surface area contributed by atoms with Crippen LogP contribution in [0.25, 0.3) is 23.0 Å². The van der Waals surface area contributed by atoms with Gasteiger partial charge in [0, 0.05) is 18.4 Å². The molecule has 3 rings (SSSR count). The molecular weight excluding hydrogens is 547 g/mol. The average molecular weight is 566 g/mol. The van der Waals surface area contributed by atoms with Crippen molar-refractivity contribution >= 4 is 31.7 Å². The van der Waals surface area contributed by atoms with E-state index < -0.39 is 38.7 Å². The molecule has 0 saturated carbocycles. The molecule has 0 saturated heterocycles. The Labute approximate surface area is 200 Å². The first-order valence-corrected chi connectivity index (χ1v) is 12.2. The number of rotatable bonds is 8. The number of esters is 1. The van der Waals surface area contributed by atoms with Gasteiger partial charge in [-0.1, -0.05) is 6.07 Å². The third-order valence-corrected chi connectivity index (χ3v) is 6.24. The molecule has 0 spiro atoms. The van der Waals surface area contributed by atoms with Gasteiger partial charge in [-0.3, -0.25) is 4.79 Å². The van der Waals surface area contributed by atoms with E-state index in [0.717, 1.165) is 10.9 Å². The van der Waals surface area contributed by atoms with Crippen molar-refractivity contribution < 1.29 is 35.5 Å². The van der Waals surface area contributed by atoms with E-state index in [9.17, 15) is 26.4 Å². The lowest BCUT2D eigenvalue weighted by atomic mass is 10.2. The van der Waals surface area contributed by atoms with Gasteiger partial charge >= 0.3 is 12.1 Å². The van der Waals surface area contributed by atoms with Gasteiger partial charge in [0.15, 0.2) is 15.5 Å². The zero-order valence-electron chi connectivity index (χ0n) is 18.1. The molecule has 0 aliphatic heterocycles. The highest BCUT2D eigenvalue weighted by molar-refractivity contribution is 9.10. The summed E-state index contributed by atoms with van der Waals surface area (Å²) in [5, 5.41) is 11.1. The fourth-order valence-corrected chi connectivity index (χ4v) is 4.09. The second-order valence-corrected chi connectivity index (χ2v) is 10.2. The Morgan fingerprint density at radius 1 is 1.24 bits per heavy atom. The van der Waals surface area contributed by atoms with E-state index in [1.807, 2.05) is 0 Å². The number of hydrogen-bond acceptors (Lipinski definition) is 9. The van der Waals surface area contributed by atoms with Gasteiger partial charge in [0.2, 0.25) is 5.89 Å². The molecule has 34 heavy (non-hydrogen) atoms. The van der Waals surface area contributed by atoms with Crippen LogP contribution in [0, 0.1) is 0 Å². The number of hydrogen-bond donors (Lipinski definition) is 0. The monoisotopic (exact) mass is 565 g/mol. The van der Waals surface area contributed by atoms with Crippen molar-refractivity contribution in [1.82, 2.24) is 24.9 Å². The molecule has 0 amide bonds. The van der Waals surface area contributed by atoms with Crippen molar-refractivity contribution in [1.29, 1.82) is 0 Å². The number of aromatic nitrogens is 4. The maximum atomic E-state index is 13.5. The van der Waals surface area contributed by atoms with Gasteiger partial charge in [0.25, 0.3) is 5.89 Å². The first-order chi connectivity index (χ1) is 15.8. The molecule has 0 radical (unpaired) electrons. The molecule has 0 unspecified atom stereocenters. The van der Waals surface area contributed by atoms with Gasteiger partial charge < -0.3 is 14.1 Å². The van der Waals surface area contributed by atoms with Crippen LogP contribution in [-0.2, 0) is 32.1 Å². The number of nitrogens with zero attached hydrogens (tertiary/aromatic N) is 5. The van der Waals surface area contributed by atoms with Crippen molar-refractivity contribution in [3.05, 3.63) is 34.4 Å². The summed E-state index contributed by atoms with van der Waals surface area (Å²) in [6, 6.07) is 5.63. The molecule has 184 valence electrons. The number of ether oxygens (including phenoxy) is 1.